The fourth-order valence-electron chi connectivity index (χ4n) is 5.77. The molecule has 3 aliphatic rings. The van der Waals surface area contributed by atoms with Crippen LogP contribution in [0.2, 0.25) is 0 Å². The smallest absolute Gasteiger partial charge is 0.283 e. The van der Waals surface area contributed by atoms with E-state index in [4.69, 9.17) is 11.2 Å². The number of piperazine rings is 1. The molecule has 44 heavy (non-hydrogen) atoms. The number of morpholine rings is 1. The van der Waals surface area contributed by atoms with Crippen LogP contribution in [0, 0.1) is 12.3 Å². The molecule has 0 bridgehead atoms. The van der Waals surface area contributed by atoms with E-state index in [1.165, 1.54) is 19.6 Å². The largest absolute Gasteiger partial charge is 0.378 e. The maximum Gasteiger partial charge on any atom is 0.283 e. The van der Waals surface area contributed by atoms with Crippen molar-refractivity contribution in [3.63, 3.8) is 0 Å². The molecule has 0 spiro atoms. The molecule has 1 unspecified atom stereocenters. The maximum absolute atomic E-state index is 13.9. The molecule has 0 saturated carbocycles. The first kappa shape index (κ1) is 30.7. The van der Waals surface area contributed by atoms with Gasteiger partial charge in [0, 0.05) is 80.0 Å². The first-order valence-electron chi connectivity index (χ1n) is 14.1. The number of hydrogen-bond donors (Lipinski definition) is 1. The van der Waals surface area contributed by atoms with E-state index in [-0.39, 0.29) is 55.1 Å². The highest BCUT2D eigenvalue weighted by Crippen LogP contribution is 2.30. The summed E-state index contributed by atoms with van der Waals surface area (Å²) in [7, 11) is -7.40. The molecule has 5 heterocycles. The molecule has 3 aromatic rings. The number of H-pyrrole nitrogens is 1. The number of nitrogens with zero attached hydrogens (tertiary/aromatic N) is 5. The lowest BCUT2D eigenvalue weighted by Gasteiger charge is -2.41. The van der Waals surface area contributed by atoms with Crippen LogP contribution in [0.5, 0.6) is 0 Å². The fraction of sp³-hybridized carbons (Fsp3) is 0.464. The highest BCUT2D eigenvalue weighted by atomic mass is 32.2. The second-order valence-electron chi connectivity index (χ2n) is 11.0. The minimum Gasteiger partial charge on any atom is -0.378 e. The molecule has 0 aliphatic carbocycles. The summed E-state index contributed by atoms with van der Waals surface area (Å²) in [6.45, 7) is 2.10. The van der Waals surface area contributed by atoms with Crippen molar-refractivity contribution in [2.24, 2.45) is 0 Å². The number of amides is 2. The highest BCUT2D eigenvalue weighted by molar-refractivity contribution is 7.89. The van der Waals surface area contributed by atoms with Crippen molar-refractivity contribution >= 4 is 54.1 Å². The zero-order chi connectivity index (χ0) is 31.2. The summed E-state index contributed by atoms with van der Waals surface area (Å²) >= 11 is 1.14. The maximum atomic E-state index is 13.9. The van der Waals surface area contributed by atoms with Gasteiger partial charge in [-0.05, 0) is 24.3 Å². The van der Waals surface area contributed by atoms with E-state index in [0.717, 1.165) is 17.6 Å². The van der Waals surface area contributed by atoms with Gasteiger partial charge in [0.2, 0.25) is 15.9 Å². The Kier molecular flexibility index (Phi) is 8.28. The van der Waals surface area contributed by atoms with Crippen LogP contribution in [0.4, 0.5) is 0 Å². The van der Waals surface area contributed by atoms with Crippen LogP contribution in [0.25, 0.3) is 10.9 Å². The Hall–Kier alpha value is -3.33. The Morgan fingerprint density at radius 2 is 1.86 bits per heavy atom. The van der Waals surface area contributed by atoms with Crippen LogP contribution < -0.4 is 0 Å². The fourth-order valence-corrected chi connectivity index (χ4v) is 9.21. The summed E-state index contributed by atoms with van der Waals surface area (Å²) < 4.78 is 59.8. The van der Waals surface area contributed by atoms with Gasteiger partial charge in [0.25, 0.3) is 15.9 Å². The van der Waals surface area contributed by atoms with Gasteiger partial charge in [0.05, 0.1) is 31.2 Å². The van der Waals surface area contributed by atoms with Crippen molar-refractivity contribution in [3.05, 3.63) is 45.4 Å². The van der Waals surface area contributed by atoms with E-state index < -0.39 is 32.0 Å². The van der Waals surface area contributed by atoms with Gasteiger partial charge >= 0.3 is 0 Å². The predicted molar refractivity (Wildman–Crippen MR) is 163 cm³/mol. The molecule has 1 aromatic carbocycles. The molecule has 16 heteroatoms. The molecule has 3 aliphatic heterocycles. The molecule has 2 fully saturated rings. The van der Waals surface area contributed by atoms with Gasteiger partial charge in [-0.3, -0.25) is 9.59 Å². The molecule has 2 amide bonds. The van der Waals surface area contributed by atoms with Crippen LogP contribution >= 0.6 is 11.3 Å². The predicted octanol–water partition coefficient (Wildman–Crippen LogP) is 0.688. The monoisotopic (exact) mass is 660 g/mol. The zero-order valence-corrected chi connectivity index (χ0v) is 26.5. The molecule has 6 rings (SSSR count). The molecule has 1 atom stereocenters. The summed E-state index contributed by atoms with van der Waals surface area (Å²) in [5.41, 5.74) is 1.94. The van der Waals surface area contributed by atoms with Gasteiger partial charge in [0.1, 0.15) is 5.03 Å². The zero-order valence-electron chi connectivity index (χ0n) is 24.1. The number of nitrogens with one attached hydrogen (secondary N) is 1. The summed E-state index contributed by atoms with van der Waals surface area (Å²) in [6.07, 6.45) is 6.98. The number of ether oxygens (including phenoxy) is 1. The van der Waals surface area contributed by atoms with E-state index in [0.29, 0.717) is 59.8 Å². The number of aromatic amines is 1. The Morgan fingerprint density at radius 1 is 1.09 bits per heavy atom. The molecular formula is C28H32N6O7S3. The lowest BCUT2D eigenvalue weighted by molar-refractivity contribution is -0.136. The van der Waals surface area contributed by atoms with Crippen molar-refractivity contribution < 1.29 is 31.2 Å². The van der Waals surface area contributed by atoms with Gasteiger partial charge in [-0.2, -0.15) is 8.61 Å². The number of carbonyl (C=O) groups excluding carboxylic acids is 2. The molecule has 0 radical (unpaired) electrons. The van der Waals surface area contributed by atoms with Crippen LogP contribution in [0.3, 0.4) is 0 Å². The SMILES string of the molecule is C#Cc1ccc2[nH]c(S(=O)(=O)N3CCN(C(=O)c4nc5c(s4)CN(S(C)(=O)=O)CC5)C(CC(=O)N4CCOCC4)C3)cc2c1. The van der Waals surface area contributed by atoms with Crippen LogP contribution in [0.1, 0.15) is 32.4 Å². The van der Waals surface area contributed by atoms with E-state index in [2.05, 4.69) is 15.9 Å². The Morgan fingerprint density at radius 3 is 2.59 bits per heavy atom. The second-order valence-corrected chi connectivity index (χ2v) is 16.0. The molecule has 13 nitrogen and oxygen atoms in total. The Balaban J connectivity index is 1.26. The molecule has 1 N–H and O–H groups in total. The summed E-state index contributed by atoms with van der Waals surface area (Å²) in [5, 5.41) is 0.863. The van der Waals surface area contributed by atoms with Crippen molar-refractivity contribution in [1.29, 1.82) is 0 Å². The Labute approximate surface area is 259 Å². The third-order valence-electron chi connectivity index (χ3n) is 8.21. The van der Waals surface area contributed by atoms with E-state index >= 15 is 0 Å². The van der Waals surface area contributed by atoms with E-state index in [1.807, 2.05) is 0 Å². The lowest BCUT2D eigenvalue weighted by atomic mass is 10.1. The Bertz CT molecular complexity index is 1870. The van der Waals surface area contributed by atoms with Crippen molar-refractivity contribution in [1.82, 2.24) is 28.4 Å². The average molecular weight is 661 g/mol. The number of aromatic nitrogens is 2. The topological polar surface area (TPSA) is 153 Å². The van der Waals surface area contributed by atoms with Crippen molar-refractivity contribution in [2.45, 2.75) is 30.5 Å². The number of hydrogen-bond acceptors (Lipinski definition) is 9. The summed E-state index contributed by atoms with van der Waals surface area (Å²) in [5.74, 6) is 1.95. The number of rotatable bonds is 6. The third-order valence-corrected chi connectivity index (χ3v) is 12.3. The standard InChI is InChI=1S/C28H32N6O7S3/c1-3-19-4-5-22-20(14-19)15-25(29-22)44(39,40)33-8-9-34(21(17-33)16-26(35)31-10-12-41-13-11-31)28(36)27-30-23-6-7-32(43(2,37)38)18-24(23)42-27/h1,4-5,14-15,21,29H,6-13,16-18H2,2H3. The first-order valence-corrected chi connectivity index (χ1v) is 18.2. The van der Waals surface area contributed by atoms with Gasteiger partial charge in [-0.25, -0.2) is 21.8 Å². The first-order chi connectivity index (χ1) is 20.9. The lowest BCUT2D eigenvalue weighted by Crippen LogP contribution is -2.58. The quantitative estimate of drug-likeness (QED) is 0.379. The normalized spacial score (nSPS) is 20.4. The van der Waals surface area contributed by atoms with Crippen LogP contribution in [-0.4, -0.2) is 122 Å². The number of terminal acetylenes is 1. The minimum absolute atomic E-state index is 0.00253. The molecular weight excluding hydrogens is 629 g/mol. The number of sulfonamides is 2. The van der Waals surface area contributed by atoms with Crippen molar-refractivity contribution in [3.8, 4) is 12.3 Å². The van der Waals surface area contributed by atoms with E-state index in [1.54, 1.807) is 23.1 Å². The summed E-state index contributed by atoms with van der Waals surface area (Å²) in [6, 6.07) is 5.98. The molecule has 2 saturated heterocycles. The number of benzene rings is 1. The number of carbonyl (C=O) groups is 2. The van der Waals surface area contributed by atoms with Gasteiger partial charge in [-0.15, -0.1) is 17.8 Å². The van der Waals surface area contributed by atoms with Gasteiger partial charge in [0.15, 0.2) is 5.01 Å². The highest BCUT2D eigenvalue weighted by Gasteiger charge is 2.40. The van der Waals surface area contributed by atoms with Crippen molar-refractivity contribution in [2.75, 3.05) is 58.7 Å². The third kappa shape index (κ3) is 6.00. The average Bonchev–Trinajstić information content (AvgIpc) is 3.65. The second kappa shape index (κ2) is 11.9. The minimum atomic E-state index is -4.01. The van der Waals surface area contributed by atoms with Crippen LogP contribution in [-0.2, 0) is 42.5 Å². The number of fused-ring (bicyclic) bond motifs is 2. The number of thiazole rings is 1. The summed E-state index contributed by atoms with van der Waals surface area (Å²) in [4.78, 5) is 38.6. The van der Waals surface area contributed by atoms with Gasteiger partial charge in [-0.1, -0.05) is 5.92 Å². The van der Waals surface area contributed by atoms with Crippen LogP contribution in [0.15, 0.2) is 29.3 Å². The molecule has 234 valence electrons. The van der Waals surface area contributed by atoms with E-state index in [9.17, 15) is 26.4 Å². The molecule has 2 aromatic heterocycles. The van der Waals surface area contributed by atoms with Gasteiger partial charge < -0.3 is 19.5 Å².